The summed E-state index contributed by atoms with van der Waals surface area (Å²) >= 11 is 0. The zero-order chi connectivity index (χ0) is 20.1. The van der Waals surface area contributed by atoms with Gasteiger partial charge in [0.1, 0.15) is 6.61 Å². The number of rotatable bonds is 7. The predicted octanol–water partition coefficient (Wildman–Crippen LogP) is 6.72. The van der Waals surface area contributed by atoms with Crippen molar-refractivity contribution in [3.63, 3.8) is 0 Å². The summed E-state index contributed by atoms with van der Waals surface area (Å²) in [5.41, 5.74) is 1.33. The summed E-state index contributed by atoms with van der Waals surface area (Å²) in [5.74, 6) is 3.26. The van der Waals surface area contributed by atoms with E-state index in [1.54, 1.807) is 12.1 Å². The van der Waals surface area contributed by atoms with Crippen molar-refractivity contribution in [2.45, 2.75) is 77.6 Å². The van der Waals surface area contributed by atoms with Crippen LogP contribution in [0.2, 0.25) is 0 Å². The molecule has 3 aliphatic carbocycles. The molecule has 0 saturated heterocycles. The minimum absolute atomic E-state index is 0.241. The first-order valence-electron chi connectivity index (χ1n) is 11.8. The Morgan fingerprint density at radius 3 is 2.45 bits per heavy atom. The van der Waals surface area contributed by atoms with E-state index < -0.39 is 5.95 Å². The number of aromatic nitrogens is 1. The number of pyridine rings is 1. The van der Waals surface area contributed by atoms with E-state index in [1.807, 2.05) is 0 Å². The van der Waals surface area contributed by atoms with E-state index in [9.17, 15) is 4.39 Å². The van der Waals surface area contributed by atoms with Crippen molar-refractivity contribution in [2.24, 2.45) is 23.7 Å². The third-order valence-electron chi connectivity index (χ3n) is 7.42. The summed E-state index contributed by atoms with van der Waals surface area (Å²) in [7, 11) is 0. The lowest BCUT2D eigenvalue weighted by Crippen LogP contribution is -2.23. The van der Waals surface area contributed by atoms with E-state index in [-0.39, 0.29) is 5.75 Å². The van der Waals surface area contributed by atoms with Crippen molar-refractivity contribution in [3.05, 3.63) is 29.7 Å². The van der Waals surface area contributed by atoms with Crippen LogP contribution in [0.5, 0.6) is 11.6 Å². The van der Waals surface area contributed by atoms with E-state index in [0.29, 0.717) is 25.0 Å². The molecule has 0 aliphatic heterocycles. The van der Waals surface area contributed by atoms with E-state index in [2.05, 4.69) is 18.0 Å². The molecule has 2 fully saturated rings. The summed E-state index contributed by atoms with van der Waals surface area (Å²) in [5, 5.41) is 0. The zero-order valence-corrected chi connectivity index (χ0v) is 17.9. The normalized spacial score (nSPS) is 28.2. The third-order valence-corrected chi connectivity index (χ3v) is 7.42. The van der Waals surface area contributed by atoms with E-state index in [0.717, 1.165) is 24.2 Å². The molecule has 0 radical (unpaired) electrons. The molecule has 2 saturated carbocycles. The summed E-state index contributed by atoms with van der Waals surface area (Å²) in [4.78, 5) is 3.96. The molecule has 160 valence electrons. The van der Waals surface area contributed by atoms with Gasteiger partial charge in [-0.05, 0) is 80.3 Å². The van der Waals surface area contributed by atoms with Crippen molar-refractivity contribution < 1.29 is 13.9 Å². The molecule has 4 rings (SSSR count). The smallest absolute Gasteiger partial charge is 0.258 e. The molecular formula is C25H36FNO2. The largest absolute Gasteiger partial charge is 0.488 e. The standard InChI is InChI=1S/C25H36FNO2/c1-18-6-10-21(11-7-18)22-12-8-20(9-13-22)17-29-24-15-14-23(25(26)27-24)28-16-19-4-2-3-5-19/h8,14-15,18-19,21-22H,2-7,9-13,16-17H2,1H3. The summed E-state index contributed by atoms with van der Waals surface area (Å²) in [6.07, 6.45) is 16.4. The molecule has 0 spiro atoms. The molecule has 4 heteroatoms. The predicted molar refractivity (Wildman–Crippen MR) is 114 cm³/mol. The Labute approximate surface area is 175 Å². The van der Waals surface area contributed by atoms with E-state index >= 15 is 0 Å². The van der Waals surface area contributed by atoms with Gasteiger partial charge in [0, 0.05) is 6.07 Å². The maximum atomic E-state index is 14.2. The molecule has 1 atom stereocenters. The van der Waals surface area contributed by atoms with Gasteiger partial charge in [0.2, 0.25) is 5.88 Å². The number of hydrogen-bond donors (Lipinski definition) is 0. The Balaban J connectivity index is 1.22. The van der Waals surface area contributed by atoms with Crippen molar-refractivity contribution in [1.82, 2.24) is 4.98 Å². The Morgan fingerprint density at radius 2 is 1.76 bits per heavy atom. The average Bonchev–Trinajstić information content (AvgIpc) is 3.26. The Morgan fingerprint density at radius 1 is 0.966 bits per heavy atom. The van der Waals surface area contributed by atoms with Crippen LogP contribution in [0, 0.1) is 29.6 Å². The molecule has 0 amide bonds. The highest BCUT2D eigenvalue weighted by Gasteiger charge is 2.27. The fraction of sp³-hybridized carbons (Fsp3) is 0.720. The van der Waals surface area contributed by atoms with Gasteiger partial charge in [-0.3, -0.25) is 0 Å². The van der Waals surface area contributed by atoms with Gasteiger partial charge in [0.05, 0.1) is 6.61 Å². The molecular weight excluding hydrogens is 365 g/mol. The first-order chi connectivity index (χ1) is 14.2. The van der Waals surface area contributed by atoms with Gasteiger partial charge in [-0.25, -0.2) is 0 Å². The van der Waals surface area contributed by atoms with Gasteiger partial charge in [-0.15, -0.1) is 0 Å². The Kier molecular flexibility index (Phi) is 7.10. The van der Waals surface area contributed by atoms with Gasteiger partial charge in [-0.1, -0.05) is 38.7 Å². The monoisotopic (exact) mass is 401 g/mol. The van der Waals surface area contributed by atoms with Crippen molar-refractivity contribution in [1.29, 1.82) is 0 Å². The number of ether oxygens (including phenoxy) is 2. The van der Waals surface area contributed by atoms with E-state index in [1.165, 1.54) is 69.8 Å². The van der Waals surface area contributed by atoms with Crippen LogP contribution in [0.1, 0.15) is 77.6 Å². The molecule has 1 unspecified atom stereocenters. The van der Waals surface area contributed by atoms with Crippen LogP contribution in [-0.2, 0) is 0 Å². The minimum Gasteiger partial charge on any atom is -0.488 e. The Bertz CT molecular complexity index is 690. The minimum atomic E-state index is -0.565. The SMILES string of the molecule is CC1CCC(C2CC=C(COc3ccc(OCC4CCCC4)c(F)n3)CC2)CC1. The molecule has 1 aromatic heterocycles. The fourth-order valence-corrected chi connectivity index (χ4v) is 5.37. The first-order valence-corrected chi connectivity index (χ1v) is 11.8. The molecule has 0 bridgehead atoms. The first kappa shape index (κ1) is 20.7. The van der Waals surface area contributed by atoms with Crippen LogP contribution < -0.4 is 9.47 Å². The lowest BCUT2D eigenvalue weighted by molar-refractivity contribution is 0.197. The Hall–Kier alpha value is -1.58. The summed E-state index contributed by atoms with van der Waals surface area (Å²) in [6, 6.07) is 3.38. The second-order valence-corrected chi connectivity index (χ2v) is 9.61. The summed E-state index contributed by atoms with van der Waals surface area (Å²) < 4.78 is 25.7. The third kappa shape index (κ3) is 5.73. The highest BCUT2D eigenvalue weighted by atomic mass is 19.1. The van der Waals surface area contributed by atoms with Crippen molar-refractivity contribution in [3.8, 4) is 11.6 Å². The van der Waals surface area contributed by atoms with Gasteiger partial charge in [0.25, 0.3) is 5.95 Å². The van der Waals surface area contributed by atoms with Gasteiger partial charge >= 0.3 is 0 Å². The summed E-state index contributed by atoms with van der Waals surface area (Å²) in [6.45, 7) is 3.49. The van der Waals surface area contributed by atoms with Gasteiger partial charge in [-0.2, -0.15) is 9.37 Å². The fourth-order valence-electron chi connectivity index (χ4n) is 5.37. The zero-order valence-electron chi connectivity index (χ0n) is 17.9. The van der Waals surface area contributed by atoms with Gasteiger partial charge in [0.15, 0.2) is 5.75 Å². The molecule has 0 N–H and O–H groups in total. The second-order valence-electron chi connectivity index (χ2n) is 9.61. The highest BCUT2D eigenvalue weighted by molar-refractivity contribution is 5.25. The second kappa shape index (κ2) is 9.95. The van der Waals surface area contributed by atoms with Crippen molar-refractivity contribution in [2.75, 3.05) is 13.2 Å². The van der Waals surface area contributed by atoms with Crippen molar-refractivity contribution >= 4 is 0 Å². The molecule has 3 nitrogen and oxygen atoms in total. The van der Waals surface area contributed by atoms with E-state index in [4.69, 9.17) is 9.47 Å². The number of allylic oxidation sites excluding steroid dienone is 1. The number of nitrogens with zero attached hydrogens (tertiary/aromatic N) is 1. The lowest BCUT2D eigenvalue weighted by Gasteiger charge is -2.34. The molecule has 1 heterocycles. The maximum absolute atomic E-state index is 14.2. The van der Waals surface area contributed by atoms with Crippen LogP contribution in [-0.4, -0.2) is 18.2 Å². The molecule has 0 aromatic carbocycles. The van der Waals surface area contributed by atoms with Crippen LogP contribution >= 0.6 is 0 Å². The number of halogens is 1. The number of hydrogen-bond acceptors (Lipinski definition) is 3. The van der Waals surface area contributed by atoms with Crippen LogP contribution in [0.4, 0.5) is 4.39 Å². The average molecular weight is 402 g/mol. The highest BCUT2D eigenvalue weighted by Crippen LogP contribution is 2.39. The molecule has 3 aliphatic rings. The quantitative estimate of drug-likeness (QED) is 0.375. The topological polar surface area (TPSA) is 31.4 Å². The van der Waals surface area contributed by atoms with Crippen LogP contribution in [0.3, 0.4) is 0 Å². The molecule has 1 aromatic rings. The van der Waals surface area contributed by atoms with Gasteiger partial charge < -0.3 is 9.47 Å². The van der Waals surface area contributed by atoms with Crippen LogP contribution in [0.15, 0.2) is 23.8 Å². The lowest BCUT2D eigenvalue weighted by atomic mass is 9.72. The molecule has 29 heavy (non-hydrogen) atoms. The maximum Gasteiger partial charge on any atom is 0.258 e. The van der Waals surface area contributed by atoms with Crippen LogP contribution in [0.25, 0.3) is 0 Å².